The third-order valence-electron chi connectivity index (χ3n) is 5.07. The molecule has 3 N–H and O–H groups in total. The van der Waals surface area contributed by atoms with Crippen molar-refractivity contribution in [3.8, 4) is 0 Å². The maximum absolute atomic E-state index is 12.8. The predicted molar refractivity (Wildman–Crippen MR) is 101 cm³/mol. The van der Waals surface area contributed by atoms with Crippen LogP contribution in [-0.4, -0.2) is 25.7 Å². The Morgan fingerprint density at radius 1 is 1.27 bits per heavy atom. The van der Waals surface area contributed by atoms with E-state index in [1.54, 1.807) is 24.4 Å². The summed E-state index contributed by atoms with van der Waals surface area (Å²) in [4.78, 5) is 29.6. The molecule has 26 heavy (non-hydrogen) atoms. The molecule has 0 spiro atoms. The van der Waals surface area contributed by atoms with Gasteiger partial charge in [0.2, 0.25) is 0 Å². The summed E-state index contributed by atoms with van der Waals surface area (Å²) in [6, 6.07) is 5.73. The Morgan fingerprint density at radius 2 is 2.04 bits per heavy atom. The number of anilines is 1. The molecule has 1 fully saturated rings. The number of H-pyrrole nitrogens is 2. The highest BCUT2D eigenvalue weighted by Gasteiger charge is 2.24. The lowest BCUT2D eigenvalue weighted by molar-refractivity contribution is 0.102. The van der Waals surface area contributed by atoms with Crippen LogP contribution in [0.15, 0.2) is 29.2 Å². The summed E-state index contributed by atoms with van der Waals surface area (Å²) in [5.41, 5.74) is 3.44. The second-order valence-electron chi connectivity index (χ2n) is 6.93. The van der Waals surface area contributed by atoms with Crippen LogP contribution in [0.4, 0.5) is 5.69 Å². The van der Waals surface area contributed by atoms with Gasteiger partial charge in [-0.2, -0.15) is 5.10 Å². The number of carbonyl (C=O) groups is 1. The molecule has 4 rings (SSSR count). The number of imidazole rings is 1. The first kappa shape index (κ1) is 16.6. The van der Waals surface area contributed by atoms with E-state index in [0.717, 1.165) is 31.4 Å². The Morgan fingerprint density at radius 3 is 2.81 bits per heavy atom. The topological polar surface area (TPSA) is 95.6 Å². The summed E-state index contributed by atoms with van der Waals surface area (Å²) in [6.07, 6.45) is 8.22. The fourth-order valence-corrected chi connectivity index (χ4v) is 3.84. The Kier molecular flexibility index (Phi) is 4.36. The minimum Gasteiger partial charge on any atom is -0.322 e. The van der Waals surface area contributed by atoms with Gasteiger partial charge < -0.3 is 15.3 Å². The van der Waals surface area contributed by atoms with Crippen LogP contribution in [-0.2, 0) is 6.42 Å². The summed E-state index contributed by atoms with van der Waals surface area (Å²) in [7, 11) is 0. The van der Waals surface area contributed by atoms with Crippen molar-refractivity contribution in [2.24, 2.45) is 0 Å². The minimum atomic E-state index is -0.258. The highest BCUT2D eigenvalue weighted by atomic mass is 16.2. The molecule has 0 radical (unpaired) electrons. The molecular weight excluding hydrogens is 330 g/mol. The van der Waals surface area contributed by atoms with Crippen LogP contribution >= 0.6 is 0 Å². The number of hydrogen-bond donors (Lipinski definition) is 3. The van der Waals surface area contributed by atoms with Gasteiger partial charge in [-0.05, 0) is 37.5 Å². The number of amides is 1. The molecule has 0 bridgehead atoms. The van der Waals surface area contributed by atoms with Crippen LogP contribution in [0.3, 0.4) is 0 Å². The first-order chi connectivity index (χ1) is 12.7. The summed E-state index contributed by atoms with van der Waals surface area (Å²) >= 11 is 0. The molecule has 136 valence electrons. The number of nitrogens with one attached hydrogen (secondary N) is 3. The van der Waals surface area contributed by atoms with Crippen molar-refractivity contribution >= 4 is 22.6 Å². The van der Waals surface area contributed by atoms with E-state index >= 15 is 0 Å². The van der Waals surface area contributed by atoms with Crippen molar-refractivity contribution in [1.29, 1.82) is 0 Å². The zero-order chi connectivity index (χ0) is 18.1. The molecule has 2 heterocycles. The van der Waals surface area contributed by atoms with E-state index in [2.05, 4.69) is 32.0 Å². The summed E-state index contributed by atoms with van der Waals surface area (Å²) in [5, 5.41) is 7.47. The molecule has 0 saturated heterocycles. The zero-order valence-electron chi connectivity index (χ0n) is 14.8. The van der Waals surface area contributed by atoms with Crippen molar-refractivity contribution in [3.63, 3.8) is 0 Å². The van der Waals surface area contributed by atoms with Gasteiger partial charge in [-0.25, -0.2) is 4.79 Å². The third-order valence-corrected chi connectivity index (χ3v) is 5.07. The Labute approximate surface area is 150 Å². The van der Waals surface area contributed by atoms with Crippen LogP contribution < -0.4 is 11.0 Å². The van der Waals surface area contributed by atoms with E-state index in [-0.39, 0.29) is 11.6 Å². The number of fused-ring (bicyclic) bond motifs is 1. The summed E-state index contributed by atoms with van der Waals surface area (Å²) in [6.45, 7) is 2.11. The largest absolute Gasteiger partial charge is 0.323 e. The van der Waals surface area contributed by atoms with Gasteiger partial charge in [0.15, 0.2) is 0 Å². The lowest BCUT2D eigenvalue weighted by Gasteiger charge is -2.15. The number of carbonyl (C=O) groups excluding carboxylic acids is 1. The number of nitrogens with zero attached hydrogens (tertiary/aromatic N) is 2. The standard InChI is InChI=1S/C19H23N5O2/c1-2-5-17-14(11-20-24(17)13-6-3-4-7-13)18(25)21-12-8-9-15-16(10-12)23-19(26)22-15/h8-11,13H,2-7H2,1H3,(H,21,25)(H2,22,23,26). The number of hydrogen-bond acceptors (Lipinski definition) is 3. The Bertz CT molecular complexity index is 991. The highest BCUT2D eigenvalue weighted by molar-refractivity contribution is 6.05. The normalized spacial score (nSPS) is 15.0. The molecule has 1 aliphatic rings. The lowest BCUT2D eigenvalue weighted by atomic mass is 10.1. The van der Waals surface area contributed by atoms with Gasteiger partial charge in [0.1, 0.15) is 0 Å². The molecule has 7 nitrogen and oxygen atoms in total. The first-order valence-electron chi connectivity index (χ1n) is 9.25. The van der Waals surface area contributed by atoms with E-state index in [4.69, 9.17) is 0 Å². The Balaban J connectivity index is 1.61. The van der Waals surface area contributed by atoms with Crippen molar-refractivity contribution in [2.75, 3.05) is 5.32 Å². The molecule has 1 aromatic carbocycles. The molecule has 1 amide bonds. The van der Waals surface area contributed by atoms with Gasteiger partial charge in [0.25, 0.3) is 5.91 Å². The van der Waals surface area contributed by atoms with Gasteiger partial charge in [-0.1, -0.05) is 26.2 Å². The summed E-state index contributed by atoms with van der Waals surface area (Å²) in [5.74, 6) is -0.157. The van der Waals surface area contributed by atoms with Crippen molar-refractivity contribution < 1.29 is 4.79 Å². The van der Waals surface area contributed by atoms with Crippen LogP contribution in [0, 0.1) is 0 Å². The van der Waals surface area contributed by atoms with Gasteiger partial charge in [0.05, 0.1) is 34.5 Å². The quantitative estimate of drug-likeness (QED) is 0.656. The van der Waals surface area contributed by atoms with Gasteiger partial charge in [0, 0.05) is 5.69 Å². The minimum absolute atomic E-state index is 0.157. The second-order valence-corrected chi connectivity index (χ2v) is 6.93. The molecule has 2 aromatic heterocycles. The number of rotatable bonds is 5. The lowest BCUT2D eigenvalue weighted by Crippen LogP contribution is -2.16. The van der Waals surface area contributed by atoms with E-state index in [9.17, 15) is 9.59 Å². The first-order valence-corrected chi connectivity index (χ1v) is 9.25. The molecule has 0 aliphatic heterocycles. The molecule has 3 aromatic rings. The third kappa shape index (κ3) is 3.05. The van der Waals surface area contributed by atoms with Crippen LogP contribution in [0.25, 0.3) is 11.0 Å². The smallest absolute Gasteiger partial charge is 0.322 e. The SMILES string of the molecule is CCCc1c(C(=O)Nc2ccc3[nH]c(=O)[nH]c3c2)cnn1C1CCCC1. The predicted octanol–water partition coefficient (Wildman–Crippen LogP) is 3.37. The van der Waals surface area contributed by atoms with E-state index in [1.807, 2.05) is 0 Å². The van der Waals surface area contributed by atoms with E-state index in [1.165, 1.54) is 12.8 Å². The van der Waals surface area contributed by atoms with Crippen LogP contribution in [0.2, 0.25) is 0 Å². The van der Waals surface area contributed by atoms with Crippen LogP contribution in [0.5, 0.6) is 0 Å². The fourth-order valence-electron chi connectivity index (χ4n) is 3.84. The molecule has 7 heteroatoms. The molecular formula is C19H23N5O2. The monoisotopic (exact) mass is 353 g/mol. The zero-order valence-corrected chi connectivity index (χ0v) is 14.8. The average molecular weight is 353 g/mol. The highest BCUT2D eigenvalue weighted by Crippen LogP contribution is 2.31. The van der Waals surface area contributed by atoms with E-state index in [0.29, 0.717) is 28.3 Å². The number of aromatic nitrogens is 4. The van der Waals surface area contributed by atoms with Gasteiger partial charge in [-0.15, -0.1) is 0 Å². The fraction of sp³-hybridized carbons (Fsp3) is 0.421. The van der Waals surface area contributed by atoms with Crippen molar-refractivity contribution in [2.45, 2.75) is 51.5 Å². The van der Waals surface area contributed by atoms with Crippen LogP contribution in [0.1, 0.15) is 61.1 Å². The number of aromatic amines is 2. The van der Waals surface area contributed by atoms with Crippen molar-refractivity contribution in [3.05, 3.63) is 46.1 Å². The molecule has 1 saturated carbocycles. The van der Waals surface area contributed by atoms with Gasteiger partial charge in [-0.3, -0.25) is 9.48 Å². The summed E-state index contributed by atoms with van der Waals surface area (Å²) < 4.78 is 2.07. The van der Waals surface area contributed by atoms with E-state index < -0.39 is 0 Å². The molecule has 1 aliphatic carbocycles. The maximum Gasteiger partial charge on any atom is 0.323 e. The Hall–Kier alpha value is -2.83. The van der Waals surface area contributed by atoms with Crippen molar-refractivity contribution in [1.82, 2.24) is 19.7 Å². The molecule has 0 unspecified atom stereocenters. The molecule has 0 atom stereocenters. The second kappa shape index (κ2) is 6.82. The van der Waals surface area contributed by atoms with Gasteiger partial charge >= 0.3 is 5.69 Å². The number of benzene rings is 1. The maximum atomic E-state index is 12.8. The average Bonchev–Trinajstić information content (AvgIpc) is 3.32.